The van der Waals surface area contributed by atoms with Crippen LogP contribution in [0.4, 0.5) is 0 Å². The van der Waals surface area contributed by atoms with Crippen molar-refractivity contribution in [2.24, 2.45) is 0 Å². The summed E-state index contributed by atoms with van der Waals surface area (Å²) in [6.07, 6.45) is 10.4. The highest BCUT2D eigenvalue weighted by Gasteiger charge is 2.33. The molecule has 0 atom stereocenters. The summed E-state index contributed by atoms with van der Waals surface area (Å²) in [6.45, 7) is 2.42. The molecule has 0 fully saturated rings. The van der Waals surface area contributed by atoms with Crippen molar-refractivity contribution in [3.05, 3.63) is 30.3 Å². The molecule has 0 amide bonds. The molecule has 0 radical (unpaired) electrons. The van der Waals surface area contributed by atoms with E-state index in [1.165, 1.54) is 0 Å². The van der Waals surface area contributed by atoms with Crippen molar-refractivity contribution in [2.45, 2.75) is 6.55 Å². The first-order valence-corrected chi connectivity index (χ1v) is 7.25. The van der Waals surface area contributed by atoms with Crippen LogP contribution in [0.5, 0.6) is 0 Å². The maximum absolute atomic E-state index is 5.65. The minimum atomic E-state index is -2.45. The highest BCUT2D eigenvalue weighted by molar-refractivity contribution is 6.80. The summed E-state index contributed by atoms with van der Waals surface area (Å²) in [5, 5.41) is 1.03. The van der Waals surface area contributed by atoms with Crippen LogP contribution in [0.25, 0.3) is 0 Å². The van der Waals surface area contributed by atoms with Gasteiger partial charge in [0.05, 0.1) is 13.2 Å². The number of benzene rings is 1. The quantitative estimate of drug-likeness (QED) is 0.560. The molecule has 82 valence electrons. The van der Waals surface area contributed by atoms with Crippen LogP contribution in [0.2, 0.25) is 6.55 Å². The summed E-state index contributed by atoms with van der Waals surface area (Å²) >= 11 is 0. The molecule has 0 aromatic heterocycles. The van der Waals surface area contributed by atoms with E-state index in [0.717, 1.165) is 5.19 Å². The molecule has 0 saturated heterocycles. The third-order valence-electron chi connectivity index (χ3n) is 2.16. The van der Waals surface area contributed by atoms with Gasteiger partial charge in [-0.1, -0.05) is 42.2 Å². The highest BCUT2D eigenvalue weighted by Crippen LogP contribution is 2.07. The molecule has 0 heterocycles. The van der Waals surface area contributed by atoms with Crippen molar-refractivity contribution in [3.8, 4) is 24.7 Å². The van der Waals surface area contributed by atoms with Gasteiger partial charge in [0.1, 0.15) is 0 Å². The fourth-order valence-electron chi connectivity index (χ4n) is 1.31. The van der Waals surface area contributed by atoms with Crippen molar-refractivity contribution < 1.29 is 8.85 Å². The Morgan fingerprint density at radius 2 is 1.56 bits per heavy atom. The van der Waals surface area contributed by atoms with Gasteiger partial charge in [0.15, 0.2) is 0 Å². The van der Waals surface area contributed by atoms with Crippen molar-refractivity contribution in [3.63, 3.8) is 0 Å². The van der Waals surface area contributed by atoms with Crippen molar-refractivity contribution in [1.82, 2.24) is 0 Å². The van der Waals surface area contributed by atoms with Crippen molar-refractivity contribution >= 4 is 13.7 Å². The van der Waals surface area contributed by atoms with Gasteiger partial charge in [-0.25, -0.2) is 0 Å². The van der Waals surface area contributed by atoms with Crippen LogP contribution in [0.15, 0.2) is 30.3 Å². The van der Waals surface area contributed by atoms with Gasteiger partial charge in [-0.3, -0.25) is 0 Å². The van der Waals surface area contributed by atoms with Gasteiger partial charge in [0, 0.05) is 0 Å². The third kappa shape index (κ3) is 3.25. The summed E-state index contributed by atoms with van der Waals surface area (Å²) in [4.78, 5) is 0. The maximum atomic E-state index is 5.65. The number of hydrogen-bond donors (Lipinski definition) is 0. The molecule has 0 bridgehead atoms. The zero-order chi connectivity index (χ0) is 11.9. The number of rotatable bonds is 5. The molecule has 1 aromatic rings. The van der Waals surface area contributed by atoms with Crippen LogP contribution in [0.1, 0.15) is 0 Å². The summed E-state index contributed by atoms with van der Waals surface area (Å²) in [5.74, 6) is 4.90. The van der Waals surface area contributed by atoms with Gasteiger partial charge in [0.2, 0.25) is 0 Å². The van der Waals surface area contributed by atoms with Gasteiger partial charge in [-0.05, 0) is 11.7 Å². The van der Waals surface area contributed by atoms with Crippen molar-refractivity contribution in [1.29, 1.82) is 0 Å². The Morgan fingerprint density at radius 3 is 2.00 bits per heavy atom. The molecule has 0 aliphatic rings. The van der Waals surface area contributed by atoms with Gasteiger partial charge in [-0.15, -0.1) is 12.8 Å². The van der Waals surface area contributed by atoms with E-state index in [0.29, 0.717) is 0 Å². The lowest BCUT2D eigenvalue weighted by Crippen LogP contribution is -2.51. The van der Waals surface area contributed by atoms with Crippen LogP contribution < -0.4 is 5.19 Å². The molecule has 1 aromatic carbocycles. The molecule has 3 heteroatoms. The van der Waals surface area contributed by atoms with Crippen molar-refractivity contribution in [2.75, 3.05) is 13.2 Å². The van der Waals surface area contributed by atoms with Gasteiger partial charge >= 0.3 is 8.56 Å². The monoisotopic (exact) mass is 230 g/mol. The highest BCUT2D eigenvalue weighted by atomic mass is 28.4. The summed E-state index contributed by atoms with van der Waals surface area (Å²) in [6, 6.07) is 9.78. The Kier molecular flexibility index (Phi) is 4.82. The van der Waals surface area contributed by atoms with E-state index in [1.54, 1.807) is 0 Å². The average molecular weight is 230 g/mol. The topological polar surface area (TPSA) is 18.5 Å². The second-order valence-corrected chi connectivity index (χ2v) is 6.34. The molecule has 0 N–H and O–H groups in total. The largest absolute Gasteiger partial charge is 0.380 e. The molecular weight excluding hydrogens is 216 g/mol. The second kappa shape index (κ2) is 6.15. The second-order valence-electron chi connectivity index (χ2n) is 3.30. The molecule has 1 rings (SSSR count). The van der Waals surface area contributed by atoms with Crippen LogP contribution in [-0.4, -0.2) is 21.8 Å². The molecule has 2 nitrogen and oxygen atoms in total. The lowest BCUT2D eigenvalue weighted by atomic mass is 10.4. The van der Waals surface area contributed by atoms with E-state index in [-0.39, 0.29) is 13.2 Å². The van der Waals surface area contributed by atoms with E-state index < -0.39 is 8.56 Å². The summed E-state index contributed by atoms with van der Waals surface area (Å²) < 4.78 is 11.3. The Balaban J connectivity index is 2.87. The lowest BCUT2D eigenvalue weighted by Gasteiger charge is -2.25. The predicted octanol–water partition coefficient (Wildman–Crippen LogP) is 1.27. The zero-order valence-corrected chi connectivity index (χ0v) is 10.3. The van der Waals surface area contributed by atoms with Crippen LogP contribution in [0.3, 0.4) is 0 Å². The molecule has 0 saturated carbocycles. The van der Waals surface area contributed by atoms with E-state index in [4.69, 9.17) is 21.7 Å². The standard InChI is InChI=1S/C13H14O2Si/c1-4-11-14-16(3,15-12-5-2)13-9-7-6-8-10-13/h1-2,6-10H,11-12H2,3H3. The van der Waals surface area contributed by atoms with Gasteiger partial charge in [0.25, 0.3) is 0 Å². The fourth-order valence-corrected chi connectivity index (χ4v) is 3.24. The maximum Gasteiger partial charge on any atom is 0.370 e. The Hall–Kier alpha value is -1.52. The minimum absolute atomic E-state index is 0.238. The van der Waals surface area contributed by atoms with Crippen LogP contribution in [0, 0.1) is 24.7 Å². The lowest BCUT2D eigenvalue weighted by molar-refractivity contribution is 0.227. The van der Waals surface area contributed by atoms with E-state index in [9.17, 15) is 0 Å². The smallest absolute Gasteiger partial charge is 0.370 e. The molecular formula is C13H14O2Si. The van der Waals surface area contributed by atoms with E-state index in [1.807, 2.05) is 36.9 Å². The predicted molar refractivity (Wildman–Crippen MR) is 67.3 cm³/mol. The van der Waals surface area contributed by atoms with Crippen LogP contribution in [-0.2, 0) is 8.85 Å². The third-order valence-corrected chi connectivity index (χ3v) is 4.93. The van der Waals surface area contributed by atoms with Gasteiger partial charge in [-0.2, -0.15) is 0 Å². The first kappa shape index (κ1) is 12.5. The fraction of sp³-hybridized carbons (Fsp3) is 0.231. The van der Waals surface area contributed by atoms with E-state index in [2.05, 4.69) is 11.8 Å². The first-order chi connectivity index (χ1) is 7.73. The minimum Gasteiger partial charge on any atom is -0.380 e. The first-order valence-electron chi connectivity index (χ1n) is 4.93. The molecule has 0 spiro atoms. The Bertz CT molecular complexity index is 382. The Morgan fingerprint density at radius 1 is 1.06 bits per heavy atom. The molecule has 0 unspecified atom stereocenters. The number of terminal acetylenes is 2. The van der Waals surface area contributed by atoms with Gasteiger partial charge < -0.3 is 8.85 Å². The molecule has 16 heavy (non-hydrogen) atoms. The number of hydrogen-bond acceptors (Lipinski definition) is 2. The van der Waals surface area contributed by atoms with E-state index >= 15 is 0 Å². The van der Waals surface area contributed by atoms with Crippen LogP contribution >= 0.6 is 0 Å². The average Bonchev–Trinajstić information content (AvgIpc) is 2.35. The zero-order valence-electron chi connectivity index (χ0n) is 9.27. The summed E-state index contributed by atoms with van der Waals surface area (Å²) in [5.41, 5.74) is 0. The summed E-state index contributed by atoms with van der Waals surface area (Å²) in [7, 11) is -2.45. The Labute approximate surface area is 97.8 Å². The molecule has 0 aliphatic carbocycles. The normalized spacial score (nSPS) is 10.4. The SMILES string of the molecule is C#CCO[Si](C)(OCC#C)c1ccccc1. The molecule has 0 aliphatic heterocycles.